The molecule has 2 heterocycles. The molecule has 1 aromatic carbocycles. The van der Waals surface area contributed by atoms with Gasteiger partial charge in [0.05, 0.1) is 23.5 Å². The van der Waals surface area contributed by atoms with E-state index >= 15 is 0 Å². The number of rotatable bonds is 4. The van der Waals surface area contributed by atoms with E-state index in [2.05, 4.69) is 5.32 Å². The van der Waals surface area contributed by atoms with Gasteiger partial charge in [-0.3, -0.25) is 4.79 Å². The van der Waals surface area contributed by atoms with Crippen molar-refractivity contribution in [2.24, 2.45) is 5.92 Å². The van der Waals surface area contributed by atoms with Crippen molar-refractivity contribution < 1.29 is 13.2 Å². The molecule has 1 saturated heterocycles. The van der Waals surface area contributed by atoms with E-state index in [4.69, 9.17) is 0 Å². The number of carbonyl (C=O) groups excluding carboxylic acids is 1. The molecule has 4 nitrogen and oxygen atoms in total. The van der Waals surface area contributed by atoms with Gasteiger partial charge < -0.3 is 5.32 Å². The smallest absolute Gasteiger partial charge is 0.224 e. The zero-order valence-corrected chi connectivity index (χ0v) is 14.5. The van der Waals surface area contributed by atoms with Crippen LogP contribution in [0.4, 0.5) is 0 Å². The van der Waals surface area contributed by atoms with Crippen molar-refractivity contribution in [3.05, 3.63) is 57.8 Å². The van der Waals surface area contributed by atoms with Crippen LogP contribution in [-0.2, 0) is 14.6 Å². The lowest BCUT2D eigenvalue weighted by Gasteiger charge is -2.20. The van der Waals surface area contributed by atoms with Gasteiger partial charge in [-0.1, -0.05) is 35.9 Å². The number of amides is 1. The van der Waals surface area contributed by atoms with Crippen LogP contribution >= 0.6 is 11.3 Å². The normalized spacial score (nSPS) is 21.0. The predicted molar refractivity (Wildman–Crippen MR) is 92.2 cm³/mol. The van der Waals surface area contributed by atoms with E-state index in [1.54, 1.807) is 11.3 Å². The number of sulfone groups is 1. The predicted octanol–water partition coefficient (Wildman–Crippen LogP) is 2.70. The van der Waals surface area contributed by atoms with Gasteiger partial charge >= 0.3 is 0 Å². The summed E-state index contributed by atoms with van der Waals surface area (Å²) in [6.45, 7) is 2.02. The minimum Gasteiger partial charge on any atom is -0.344 e. The summed E-state index contributed by atoms with van der Waals surface area (Å²) < 4.78 is 23.2. The lowest BCUT2D eigenvalue weighted by atomic mass is 10.0. The minimum absolute atomic E-state index is 0.0378. The molecule has 1 aliphatic heterocycles. The summed E-state index contributed by atoms with van der Waals surface area (Å²) in [6, 6.07) is 11.8. The maximum Gasteiger partial charge on any atom is 0.224 e. The Morgan fingerprint density at radius 3 is 2.57 bits per heavy atom. The third-order valence-electron chi connectivity index (χ3n) is 4.13. The van der Waals surface area contributed by atoms with Crippen molar-refractivity contribution in [3.63, 3.8) is 0 Å². The molecular formula is C17H19NO3S2. The highest BCUT2D eigenvalue weighted by molar-refractivity contribution is 7.91. The second-order valence-corrected chi connectivity index (χ2v) is 9.18. The molecular weight excluding hydrogens is 330 g/mol. The summed E-state index contributed by atoms with van der Waals surface area (Å²) >= 11 is 1.58. The largest absolute Gasteiger partial charge is 0.344 e. The van der Waals surface area contributed by atoms with Crippen molar-refractivity contribution in [1.82, 2.24) is 5.32 Å². The standard InChI is InChI=1S/C17H19NO3S2/c1-12-4-6-13(7-5-12)16(15-3-2-9-22-15)18-17(19)14-8-10-23(20,21)11-14/h2-7,9,14,16H,8,10-11H2,1H3,(H,18,19)/t14-,16+/m0/s1. The van der Waals surface area contributed by atoms with Crippen LogP contribution in [-0.4, -0.2) is 25.8 Å². The average molecular weight is 349 g/mol. The lowest BCUT2D eigenvalue weighted by molar-refractivity contribution is -0.124. The van der Waals surface area contributed by atoms with Crippen LogP contribution in [0, 0.1) is 12.8 Å². The van der Waals surface area contributed by atoms with Crippen LogP contribution in [0.25, 0.3) is 0 Å². The number of aryl methyl sites for hydroxylation is 1. The SMILES string of the molecule is Cc1ccc([C@@H](NC(=O)[C@H]2CCS(=O)(=O)C2)c2cccs2)cc1. The lowest BCUT2D eigenvalue weighted by Crippen LogP contribution is -2.34. The van der Waals surface area contributed by atoms with Gasteiger partial charge in [0.25, 0.3) is 0 Å². The van der Waals surface area contributed by atoms with Gasteiger partial charge in [0.2, 0.25) is 5.91 Å². The van der Waals surface area contributed by atoms with Crippen LogP contribution in [0.15, 0.2) is 41.8 Å². The van der Waals surface area contributed by atoms with E-state index in [0.717, 1.165) is 16.0 Å². The van der Waals surface area contributed by atoms with Crippen molar-refractivity contribution in [2.75, 3.05) is 11.5 Å². The first-order chi connectivity index (χ1) is 10.9. The van der Waals surface area contributed by atoms with Crippen molar-refractivity contribution in [3.8, 4) is 0 Å². The number of benzene rings is 1. The van der Waals surface area contributed by atoms with Gasteiger partial charge in [-0.25, -0.2) is 8.42 Å². The quantitative estimate of drug-likeness (QED) is 0.923. The van der Waals surface area contributed by atoms with E-state index in [9.17, 15) is 13.2 Å². The van der Waals surface area contributed by atoms with E-state index in [0.29, 0.717) is 6.42 Å². The van der Waals surface area contributed by atoms with Crippen LogP contribution in [0.2, 0.25) is 0 Å². The zero-order chi connectivity index (χ0) is 16.4. The van der Waals surface area contributed by atoms with E-state index in [-0.39, 0.29) is 23.5 Å². The Bertz CT molecular complexity index is 780. The Labute approximate surface area is 140 Å². The summed E-state index contributed by atoms with van der Waals surface area (Å²) in [5.41, 5.74) is 2.17. The first-order valence-corrected chi connectivity index (χ1v) is 10.3. The summed E-state index contributed by atoms with van der Waals surface area (Å²) in [4.78, 5) is 13.6. The molecule has 2 aromatic rings. The van der Waals surface area contributed by atoms with Gasteiger partial charge in [-0.2, -0.15) is 0 Å². The first kappa shape index (κ1) is 16.2. The van der Waals surface area contributed by atoms with Crippen molar-refractivity contribution >= 4 is 27.1 Å². The molecule has 122 valence electrons. The highest BCUT2D eigenvalue weighted by Gasteiger charge is 2.34. The Morgan fingerprint density at radius 2 is 2.00 bits per heavy atom. The monoisotopic (exact) mass is 349 g/mol. The topological polar surface area (TPSA) is 63.2 Å². The molecule has 1 aliphatic rings. The maximum absolute atomic E-state index is 12.5. The highest BCUT2D eigenvalue weighted by Crippen LogP contribution is 2.28. The molecule has 0 spiro atoms. The van der Waals surface area contributed by atoms with Crippen LogP contribution in [0.3, 0.4) is 0 Å². The molecule has 0 aliphatic carbocycles. The molecule has 0 bridgehead atoms. The molecule has 1 N–H and O–H groups in total. The second kappa shape index (κ2) is 6.45. The van der Waals surface area contributed by atoms with Crippen molar-refractivity contribution in [1.29, 1.82) is 0 Å². The highest BCUT2D eigenvalue weighted by atomic mass is 32.2. The van der Waals surface area contributed by atoms with Gasteiger partial charge in [0.15, 0.2) is 9.84 Å². The van der Waals surface area contributed by atoms with Crippen molar-refractivity contribution in [2.45, 2.75) is 19.4 Å². The molecule has 6 heteroatoms. The fourth-order valence-electron chi connectivity index (χ4n) is 2.80. The Hall–Kier alpha value is -1.66. The number of nitrogens with one attached hydrogen (secondary N) is 1. The van der Waals surface area contributed by atoms with E-state index in [1.165, 1.54) is 0 Å². The van der Waals surface area contributed by atoms with Gasteiger partial charge in [-0.15, -0.1) is 11.3 Å². The molecule has 0 unspecified atom stereocenters. The molecule has 2 atom stereocenters. The Kier molecular flexibility index (Phi) is 4.55. The summed E-state index contributed by atoms with van der Waals surface area (Å²) in [5.74, 6) is -0.540. The fourth-order valence-corrected chi connectivity index (χ4v) is 5.34. The Morgan fingerprint density at radius 1 is 1.26 bits per heavy atom. The number of hydrogen-bond acceptors (Lipinski definition) is 4. The van der Waals surface area contributed by atoms with Gasteiger partial charge in [0.1, 0.15) is 0 Å². The summed E-state index contributed by atoms with van der Waals surface area (Å²) in [6.07, 6.45) is 0.416. The molecule has 1 amide bonds. The minimum atomic E-state index is -3.06. The molecule has 1 aromatic heterocycles. The molecule has 1 fully saturated rings. The van der Waals surface area contributed by atoms with Gasteiger partial charge in [0, 0.05) is 4.88 Å². The van der Waals surface area contributed by atoms with E-state index in [1.807, 2.05) is 48.7 Å². The fraction of sp³-hybridized carbons (Fsp3) is 0.353. The molecule has 23 heavy (non-hydrogen) atoms. The number of thiophene rings is 1. The zero-order valence-electron chi connectivity index (χ0n) is 12.9. The second-order valence-electron chi connectivity index (χ2n) is 5.97. The van der Waals surface area contributed by atoms with Crippen LogP contribution in [0.5, 0.6) is 0 Å². The molecule has 0 saturated carbocycles. The summed E-state index contributed by atoms with van der Waals surface area (Å²) in [7, 11) is -3.06. The first-order valence-electron chi connectivity index (χ1n) is 7.55. The van der Waals surface area contributed by atoms with E-state index < -0.39 is 15.8 Å². The van der Waals surface area contributed by atoms with Crippen LogP contribution in [0.1, 0.15) is 28.5 Å². The van der Waals surface area contributed by atoms with Gasteiger partial charge in [-0.05, 0) is 30.4 Å². The maximum atomic E-state index is 12.5. The third kappa shape index (κ3) is 3.82. The summed E-state index contributed by atoms with van der Waals surface area (Å²) in [5, 5.41) is 5.02. The van der Waals surface area contributed by atoms with Crippen LogP contribution < -0.4 is 5.32 Å². The third-order valence-corrected chi connectivity index (χ3v) is 6.83. The number of carbonyl (C=O) groups is 1. The number of hydrogen-bond donors (Lipinski definition) is 1. The Balaban J connectivity index is 1.82. The molecule has 3 rings (SSSR count). The molecule has 0 radical (unpaired) electrons. The average Bonchev–Trinajstić information content (AvgIpc) is 3.15.